The minimum atomic E-state index is -0.801. The maximum atomic E-state index is 13.5. The molecule has 7 heteroatoms. The summed E-state index contributed by atoms with van der Waals surface area (Å²) in [6.45, 7) is 0. The number of anilines is 1. The van der Waals surface area contributed by atoms with Crippen molar-refractivity contribution in [2.45, 2.75) is 0 Å². The zero-order valence-corrected chi connectivity index (χ0v) is 12.9. The monoisotopic (exact) mass is 370 g/mol. The normalized spacial score (nSPS) is 10.2. The van der Waals surface area contributed by atoms with Crippen molar-refractivity contribution in [3.05, 3.63) is 63.6 Å². The molecule has 0 radical (unpaired) electrons. The Labute approximate surface area is 133 Å². The standard InChI is InChI=1S/C14H9BrF2N2OS/c15-10-5-7(13(18)21)1-4-12(10)19-14(20)9-6-8(16)2-3-11(9)17/h1-6H,(H2,18,21)(H,19,20). The Balaban J connectivity index is 2.27. The van der Waals surface area contributed by atoms with Gasteiger partial charge in [0.05, 0.1) is 11.3 Å². The highest BCUT2D eigenvalue weighted by molar-refractivity contribution is 9.10. The van der Waals surface area contributed by atoms with E-state index in [0.717, 1.165) is 18.2 Å². The van der Waals surface area contributed by atoms with E-state index < -0.39 is 17.5 Å². The fourth-order valence-electron chi connectivity index (χ4n) is 1.63. The third-order valence-electron chi connectivity index (χ3n) is 2.67. The molecule has 3 nitrogen and oxygen atoms in total. The predicted molar refractivity (Wildman–Crippen MR) is 84.3 cm³/mol. The van der Waals surface area contributed by atoms with Crippen LogP contribution in [0.2, 0.25) is 0 Å². The quantitative estimate of drug-likeness (QED) is 0.811. The molecule has 0 aliphatic rings. The molecule has 3 N–H and O–H groups in total. The van der Waals surface area contributed by atoms with Crippen LogP contribution in [-0.2, 0) is 0 Å². The number of hydrogen-bond donors (Lipinski definition) is 2. The number of rotatable bonds is 3. The van der Waals surface area contributed by atoms with Gasteiger partial charge in [-0.2, -0.15) is 0 Å². The second-order valence-corrected chi connectivity index (χ2v) is 5.43. The lowest BCUT2D eigenvalue weighted by Gasteiger charge is -2.09. The van der Waals surface area contributed by atoms with Crippen LogP contribution in [0.25, 0.3) is 0 Å². The average molecular weight is 371 g/mol. The lowest BCUT2D eigenvalue weighted by molar-refractivity contribution is 0.102. The van der Waals surface area contributed by atoms with Crippen molar-refractivity contribution >= 4 is 44.7 Å². The number of thiocarbonyl (C=S) groups is 1. The lowest BCUT2D eigenvalue weighted by Crippen LogP contribution is -2.15. The van der Waals surface area contributed by atoms with Crippen LogP contribution in [-0.4, -0.2) is 10.9 Å². The molecule has 0 unspecified atom stereocenters. The molecule has 0 aliphatic heterocycles. The molecule has 0 aliphatic carbocycles. The van der Waals surface area contributed by atoms with Crippen molar-refractivity contribution in [3.8, 4) is 0 Å². The Morgan fingerprint density at radius 2 is 1.90 bits per heavy atom. The fourth-order valence-corrected chi connectivity index (χ4v) is 2.24. The second-order valence-electron chi connectivity index (χ2n) is 4.14. The topological polar surface area (TPSA) is 55.1 Å². The molecule has 2 aromatic rings. The first-order valence-corrected chi connectivity index (χ1v) is 6.94. The zero-order chi connectivity index (χ0) is 15.6. The van der Waals surface area contributed by atoms with Crippen LogP contribution in [0.5, 0.6) is 0 Å². The summed E-state index contributed by atoms with van der Waals surface area (Å²) in [5.41, 5.74) is 6.13. The van der Waals surface area contributed by atoms with Crippen LogP contribution < -0.4 is 11.1 Å². The number of nitrogens with one attached hydrogen (secondary N) is 1. The van der Waals surface area contributed by atoms with E-state index in [1.54, 1.807) is 18.2 Å². The number of nitrogens with two attached hydrogens (primary N) is 1. The summed E-state index contributed by atoms with van der Waals surface area (Å²) in [6, 6.07) is 7.48. The van der Waals surface area contributed by atoms with E-state index in [2.05, 4.69) is 21.2 Å². The van der Waals surface area contributed by atoms with Gasteiger partial charge in [-0.3, -0.25) is 4.79 Å². The number of benzene rings is 2. The van der Waals surface area contributed by atoms with Crippen LogP contribution in [0.15, 0.2) is 40.9 Å². The SMILES string of the molecule is NC(=S)c1ccc(NC(=O)c2cc(F)ccc2F)c(Br)c1. The third kappa shape index (κ3) is 3.62. The number of carbonyl (C=O) groups is 1. The summed E-state index contributed by atoms with van der Waals surface area (Å²) in [4.78, 5) is 12.2. The first-order valence-electron chi connectivity index (χ1n) is 5.74. The first kappa shape index (κ1) is 15.5. The summed E-state index contributed by atoms with van der Waals surface area (Å²) >= 11 is 8.09. The van der Waals surface area contributed by atoms with Gasteiger partial charge in [-0.05, 0) is 52.3 Å². The van der Waals surface area contributed by atoms with Crippen molar-refractivity contribution in [1.82, 2.24) is 0 Å². The molecular formula is C14H9BrF2N2OS. The van der Waals surface area contributed by atoms with Crippen LogP contribution >= 0.6 is 28.1 Å². The summed E-state index contributed by atoms with van der Waals surface area (Å²) in [5.74, 6) is -2.25. The van der Waals surface area contributed by atoms with Crippen LogP contribution in [0.1, 0.15) is 15.9 Å². The molecule has 0 heterocycles. The van der Waals surface area contributed by atoms with Gasteiger partial charge < -0.3 is 11.1 Å². The Bertz CT molecular complexity index is 737. The molecule has 0 bridgehead atoms. The van der Waals surface area contributed by atoms with Gasteiger partial charge in [0.1, 0.15) is 16.6 Å². The number of amides is 1. The highest BCUT2D eigenvalue weighted by Gasteiger charge is 2.14. The van der Waals surface area contributed by atoms with Crippen molar-refractivity contribution < 1.29 is 13.6 Å². The molecule has 0 spiro atoms. The summed E-state index contributed by atoms with van der Waals surface area (Å²) in [5, 5.41) is 2.48. The van der Waals surface area contributed by atoms with E-state index in [0.29, 0.717) is 15.7 Å². The van der Waals surface area contributed by atoms with Gasteiger partial charge in [0.25, 0.3) is 5.91 Å². The Hall–Kier alpha value is -1.86. The molecule has 2 aromatic carbocycles. The molecule has 0 fully saturated rings. The van der Waals surface area contributed by atoms with Gasteiger partial charge in [-0.1, -0.05) is 12.2 Å². The van der Waals surface area contributed by atoms with Crippen LogP contribution in [0.4, 0.5) is 14.5 Å². The Morgan fingerprint density at radius 1 is 1.19 bits per heavy atom. The minimum absolute atomic E-state index is 0.213. The first-order chi connectivity index (χ1) is 9.88. The maximum absolute atomic E-state index is 13.5. The van der Waals surface area contributed by atoms with Crippen LogP contribution in [0.3, 0.4) is 0 Å². The van der Waals surface area contributed by atoms with E-state index in [1.165, 1.54) is 0 Å². The van der Waals surface area contributed by atoms with Crippen molar-refractivity contribution in [1.29, 1.82) is 0 Å². The second kappa shape index (κ2) is 6.28. The highest BCUT2D eigenvalue weighted by Crippen LogP contribution is 2.24. The van der Waals surface area contributed by atoms with Gasteiger partial charge in [0.2, 0.25) is 0 Å². The van der Waals surface area contributed by atoms with E-state index in [4.69, 9.17) is 18.0 Å². The molecule has 0 saturated heterocycles. The molecule has 0 saturated carbocycles. The third-order valence-corrected chi connectivity index (χ3v) is 3.57. The van der Waals surface area contributed by atoms with Gasteiger partial charge in [0.15, 0.2) is 0 Å². The van der Waals surface area contributed by atoms with Gasteiger partial charge >= 0.3 is 0 Å². The molecule has 1 amide bonds. The number of halogens is 3. The van der Waals surface area contributed by atoms with E-state index in [1.807, 2.05) is 0 Å². The molecule has 21 heavy (non-hydrogen) atoms. The largest absolute Gasteiger partial charge is 0.389 e. The molecule has 0 aromatic heterocycles. The Kier molecular flexibility index (Phi) is 4.64. The highest BCUT2D eigenvalue weighted by atomic mass is 79.9. The molecule has 2 rings (SSSR count). The summed E-state index contributed by atoms with van der Waals surface area (Å²) in [7, 11) is 0. The van der Waals surface area contributed by atoms with Crippen molar-refractivity contribution in [2.24, 2.45) is 5.73 Å². The molecule has 0 atom stereocenters. The zero-order valence-electron chi connectivity index (χ0n) is 10.5. The molecular weight excluding hydrogens is 362 g/mol. The predicted octanol–water partition coefficient (Wildman–Crippen LogP) is 3.61. The maximum Gasteiger partial charge on any atom is 0.258 e. The smallest absolute Gasteiger partial charge is 0.258 e. The van der Waals surface area contributed by atoms with Gasteiger partial charge in [0, 0.05) is 10.0 Å². The van der Waals surface area contributed by atoms with Crippen molar-refractivity contribution in [3.63, 3.8) is 0 Å². The van der Waals surface area contributed by atoms with Gasteiger partial charge in [-0.15, -0.1) is 0 Å². The summed E-state index contributed by atoms with van der Waals surface area (Å²) in [6.07, 6.45) is 0. The van der Waals surface area contributed by atoms with Crippen LogP contribution in [0, 0.1) is 11.6 Å². The lowest BCUT2D eigenvalue weighted by atomic mass is 10.1. The summed E-state index contributed by atoms with van der Waals surface area (Å²) < 4.78 is 27.1. The molecule has 108 valence electrons. The minimum Gasteiger partial charge on any atom is -0.389 e. The average Bonchev–Trinajstić information content (AvgIpc) is 2.43. The number of carbonyl (C=O) groups excluding carboxylic acids is 1. The fraction of sp³-hybridized carbons (Fsp3) is 0. The van der Waals surface area contributed by atoms with E-state index >= 15 is 0 Å². The van der Waals surface area contributed by atoms with Gasteiger partial charge in [-0.25, -0.2) is 8.78 Å². The van der Waals surface area contributed by atoms with E-state index in [9.17, 15) is 13.6 Å². The Morgan fingerprint density at radius 3 is 2.52 bits per heavy atom. The van der Waals surface area contributed by atoms with Crippen molar-refractivity contribution in [2.75, 3.05) is 5.32 Å². The van der Waals surface area contributed by atoms with E-state index in [-0.39, 0.29) is 10.6 Å². The number of hydrogen-bond acceptors (Lipinski definition) is 2.